The number of para-hydroxylation sites is 2. The number of aromatic nitrogens is 2. The minimum atomic E-state index is -0.0947. The molecule has 2 N–H and O–H groups in total. The molecule has 3 heterocycles. The van der Waals surface area contributed by atoms with E-state index in [1.54, 1.807) is 6.07 Å². The number of nitrogens with one attached hydrogen (secondary N) is 1. The van der Waals surface area contributed by atoms with E-state index >= 15 is 0 Å². The molecule has 0 amide bonds. The van der Waals surface area contributed by atoms with Crippen LogP contribution >= 0.6 is 12.2 Å². The van der Waals surface area contributed by atoms with Gasteiger partial charge in [-0.2, -0.15) is 0 Å². The van der Waals surface area contributed by atoms with Crippen molar-refractivity contribution in [3.63, 3.8) is 0 Å². The number of aromatic hydroxyl groups is 1. The molecule has 0 spiro atoms. The van der Waals surface area contributed by atoms with Crippen LogP contribution in [0.5, 0.6) is 5.75 Å². The largest absolute Gasteiger partial charge is 0.506 e. The Morgan fingerprint density at radius 3 is 2.59 bits per heavy atom. The highest BCUT2D eigenvalue weighted by Crippen LogP contribution is 2.44. The molecule has 0 radical (unpaired) electrons. The Bertz CT molecular complexity index is 1010. The summed E-state index contributed by atoms with van der Waals surface area (Å²) in [6.07, 6.45) is 11.3. The summed E-state index contributed by atoms with van der Waals surface area (Å²) in [6, 6.07) is 15.9. The Morgan fingerprint density at radius 2 is 1.83 bits per heavy atom. The molecule has 2 unspecified atom stereocenters. The van der Waals surface area contributed by atoms with E-state index in [4.69, 9.17) is 12.2 Å². The maximum atomic E-state index is 10.5. The van der Waals surface area contributed by atoms with Crippen molar-refractivity contribution in [3.8, 4) is 5.75 Å². The van der Waals surface area contributed by atoms with Crippen molar-refractivity contribution in [2.75, 3.05) is 4.90 Å². The maximum absolute atomic E-state index is 10.5. The van der Waals surface area contributed by atoms with Crippen LogP contribution in [0.3, 0.4) is 0 Å². The molecule has 5 rings (SSSR count). The second-order valence-corrected chi connectivity index (χ2v) is 8.20. The third kappa shape index (κ3) is 3.27. The number of hydrogen-bond donors (Lipinski definition) is 2. The minimum Gasteiger partial charge on any atom is -0.506 e. The zero-order valence-electron chi connectivity index (χ0n) is 16.1. The Labute approximate surface area is 176 Å². The minimum absolute atomic E-state index is 0.0895. The first kappa shape index (κ1) is 18.2. The highest BCUT2D eigenvalue weighted by molar-refractivity contribution is 7.80. The number of phenolic OH excluding ortho intramolecular Hbond substituents is 1. The number of phenols is 1. The first-order valence-electron chi connectivity index (χ1n) is 10.2. The van der Waals surface area contributed by atoms with Crippen LogP contribution in [0, 0.1) is 0 Å². The molecule has 1 aliphatic heterocycles. The lowest BCUT2D eigenvalue weighted by Crippen LogP contribution is -2.29. The van der Waals surface area contributed by atoms with Gasteiger partial charge in [-0.25, -0.2) is 0 Å². The van der Waals surface area contributed by atoms with E-state index in [1.165, 1.54) is 31.2 Å². The van der Waals surface area contributed by atoms with Crippen molar-refractivity contribution < 1.29 is 5.11 Å². The molecule has 3 aromatic rings. The van der Waals surface area contributed by atoms with Gasteiger partial charge in [0.1, 0.15) is 5.75 Å². The third-order valence-corrected chi connectivity index (χ3v) is 6.38. The maximum Gasteiger partial charge on any atom is 0.174 e. The van der Waals surface area contributed by atoms with Crippen molar-refractivity contribution in [2.45, 2.75) is 43.8 Å². The summed E-state index contributed by atoms with van der Waals surface area (Å²) in [7, 11) is 0. The van der Waals surface area contributed by atoms with E-state index in [0.717, 1.165) is 5.69 Å². The van der Waals surface area contributed by atoms with Crippen LogP contribution in [0.2, 0.25) is 0 Å². The van der Waals surface area contributed by atoms with Crippen LogP contribution in [-0.2, 0) is 0 Å². The lowest BCUT2D eigenvalue weighted by Gasteiger charge is -2.27. The van der Waals surface area contributed by atoms with Gasteiger partial charge < -0.3 is 19.9 Å². The van der Waals surface area contributed by atoms with E-state index in [2.05, 4.69) is 33.3 Å². The van der Waals surface area contributed by atoms with Crippen molar-refractivity contribution in [2.24, 2.45) is 0 Å². The van der Waals surface area contributed by atoms with Gasteiger partial charge in [0.15, 0.2) is 5.11 Å². The van der Waals surface area contributed by atoms with E-state index in [1.807, 2.05) is 47.5 Å². The summed E-state index contributed by atoms with van der Waals surface area (Å²) in [5.41, 5.74) is 2.82. The fraction of sp³-hybridized carbons (Fsp3) is 0.304. The number of hydrogen-bond acceptors (Lipinski definition) is 3. The number of rotatable bonds is 4. The number of nitrogens with zero attached hydrogens (tertiary/aromatic N) is 3. The average Bonchev–Trinajstić information content (AvgIpc) is 3.48. The second-order valence-electron chi connectivity index (χ2n) is 7.82. The molecule has 2 aromatic heterocycles. The molecule has 2 fully saturated rings. The van der Waals surface area contributed by atoms with Gasteiger partial charge in [0.2, 0.25) is 0 Å². The Morgan fingerprint density at radius 1 is 1.03 bits per heavy atom. The summed E-state index contributed by atoms with van der Waals surface area (Å²) < 4.78 is 2.35. The first-order chi connectivity index (χ1) is 14.2. The third-order valence-electron chi connectivity index (χ3n) is 6.06. The van der Waals surface area contributed by atoms with Gasteiger partial charge in [-0.05, 0) is 61.0 Å². The number of pyridine rings is 1. The fourth-order valence-electron chi connectivity index (χ4n) is 4.66. The van der Waals surface area contributed by atoms with Crippen LogP contribution < -0.4 is 10.2 Å². The van der Waals surface area contributed by atoms with Crippen LogP contribution in [0.1, 0.15) is 55.1 Å². The van der Waals surface area contributed by atoms with Gasteiger partial charge >= 0.3 is 0 Å². The second kappa shape index (κ2) is 7.52. The summed E-state index contributed by atoms with van der Waals surface area (Å²) in [5, 5.41) is 14.6. The van der Waals surface area contributed by atoms with Gasteiger partial charge in [-0.3, -0.25) is 4.98 Å². The topological polar surface area (TPSA) is 53.3 Å². The van der Waals surface area contributed by atoms with Crippen LogP contribution in [-0.4, -0.2) is 19.8 Å². The lowest BCUT2D eigenvalue weighted by molar-refractivity contribution is 0.472. The average molecular weight is 405 g/mol. The molecule has 1 aliphatic carbocycles. The van der Waals surface area contributed by atoms with Crippen LogP contribution in [0.25, 0.3) is 0 Å². The van der Waals surface area contributed by atoms with Gasteiger partial charge in [-0.15, -0.1) is 0 Å². The molecule has 1 saturated carbocycles. The van der Waals surface area contributed by atoms with Gasteiger partial charge in [0.25, 0.3) is 0 Å². The monoisotopic (exact) mass is 404 g/mol. The van der Waals surface area contributed by atoms with Gasteiger partial charge in [-0.1, -0.05) is 31.0 Å². The molecular formula is C23H24N4OS. The van der Waals surface area contributed by atoms with E-state index in [-0.39, 0.29) is 17.8 Å². The highest BCUT2D eigenvalue weighted by atomic mass is 32.1. The molecule has 2 atom stereocenters. The zero-order chi connectivity index (χ0) is 19.8. The summed E-state index contributed by atoms with van der Waals surface area (Å²) in [6.45, 7) is 0. The fourth-order valence-corrected chi connectivity index (χ4v) is 4.99. The van der Waals surface area contributed by atoms with Crippen molar-refractivity contribution in [1.82, 2.24) is 14.9 Å². The Hall–Kier alpha value is -2.86. The van der Waals surface area contributed by atoms with Gasteiger partial charge in [0, 0.05) is 24.6 Å². The Kier molecular flexibility index (Phi) is 4.72. The predicted octanol–water partition coefficient (Wildman–Crippen LogP) is 4.88. The molecule has 1 aromatic carbocycles. The van der Waals surface area contributed by atoms with E-state index in [9.17, 15) is 5.11 Å². The lowest BCUT2D eigenvalue weighted by atomic mass is 9.98. The summed E-state index contributed by atoms with van der Waals surface area (Å²) in [4.78, 5) is 6.61. The summed E-state index contributed by atoms with van der Waals surface area (Å²) in [5.74, 6) is 0.221. The molecule has 2 aliphatic rings. The van der Waals surface area contributed by atoms with Crippen molar-refractivity contribution in [3.05, 3.63) is 78.4 Å². The van der Waals surface area contributed by atoms with Crippen molar-refractivity contribution in [1.29, 1.82) is 0 Å². The molecule has 148 valence electrons. The Balaban J connectivity index is 1.59. The standard InChI is InChI=1S/C23H24N4OS/c28-20-11-4-3-10-19(20)27-22(16-12-14-26(15-16)17-7-1-2-8-17)21(25-23(27)29)18-9-5-6-13-24-18/h3-6,9-15,17,21-22,28H,1-2,7-8H2,(H,25,29). The number of benzene rings is 1. The SMILES string of the molecule is Oc1ccccc1N1C(=S)NC(c2ccccn2)C1c1ccn(C2CCCC2)c1. The highest BCUT2D eigenvalue weighted by Gasteiger charge is 2.42. The number of thiocarbonyl (C=S) groups is 1. The quantitative estimate of drug-likeness (QED) is 0.607. The number of anilines is 1. The smallest absolute Gasteiger partial charge is 0.174 e. The molecule has 1 saturated heterocycles. The van der Waals surface area contributed by atoms with Crippen LogP contribution in [0.15, 0.2) is 67.1 Å². The van der Waals surface area contributed by atoms with Gasteiger partial charge in [0.05, 0.1) is 23.5 Å². The van der Waals surface area contributed by atoms with E-state index < -0.39 is 0 Å². The summed E-state index contributed by atoms with van der Waals surface area (Å²) >= 11 is 5.72. The van der Waals surface area contributed by atoms with Crippen LogP contribution in [0.4, 0.5) is 5.69 Å². The molecule has 5 nitrogen and oxygen atoms in total. The molecule has 0 bridgehead atoms. The zero-order valence-corrected chi connectivity index (χ0v) is 16.9. The predicted molar refractivity (Wildman–Crippen MR) is 118 cm³/mol. The van der Waals surface area contributed by atoms with E-state index in [0.29, 0.717) is 16.8 Å². The first-order valence-corrected chi connectivity index (χ1v) is 10.6. The normalized spacial score (nSPS) is 22.2. The molecule has 6 heteroatoms. The molecular weight excluding hydrogens is 380 g/mol. The van der Waals surface area contributed by atoms with Crippen molar-refractivity contribution >= 4 is 23.0 Å². The molecule has 29 heavy (non-hydrogen) atoms.